The molecule has 2 N–H and O–H groups in total. The van der Waals surface area contributed by atoms with E-state index in [9.17, 15) is 18.4 Å². The summed E-state index contributed by atoms with van der Waals surface area (Å²) >= 11 is 0. The zero-order valence-corrected chi connectivity index (χ0v) is 19.4. The molecule has 188 valence electrons. The van der Waals surface area contributed by atoms with Crippen molar-refractivity contribution < 1.29 is 37.7 Å². The number of nitrogens with one attached hydrogen (secondary N) is 1. The first-order chi connectivity index (χ1) is 16.9. The van der Waals surface area contributed by atoms with Gasteiger partial charge in [-0.3, -0.25) is 5.32 Å². The number of carbonyl (C=O) groups is 2. The van der Waals surface area contributed by atoms with Crippen molar-refractivity contribution in [2.24, 2.45) is 0 Å². The molecule has 0 radical (unpaired) electrons. The number of allylic oxidation sites excluding steroid dienone is 3. The standard InChI is InChI=1S/C26H29F2NO6/c1-2-33-25(31)9-7-5-3-4-6-8-24(19-10-13-21(14-11-19)34-17-16-30)35-26(32)29-23-15-12-20(27)18-22(23)28/h3,5,7,9-15,18,24,30H,2,4,6,8,16-17H2,1H3,(H,29,32)/b5-3+,9-7+/t24-/m0/s1. The van der Waals surface area contributed by atoms with Crippen molar-refractivity contribution in [1.82, 2.24) is 0 Å². The summed E-state index contributed by atoms with van der Waals surface area (Å²) in [7, 11) is 0. The second-order valence-electron chi connectivity index (χ2n) is 7.25. The van der Waals surface area contributed by atoms with Crippen LogP contribution < -0.4 is 10.1 Å². The van der Waals surface area contributed by atoms with Crippen LogP contribution in [-0.4, -0.2) is 37.0 Å². The van der Waals surface area contributed by atoms with Gasteiger partial charge in [-0.05, 0) is 56.0 Å². The smallest absolute Gasteiger partial charge is 0.412 e. The summed E-state index contributed by atoms with van der Waals surface area (Å²) in [5.74, 6) is -1.53. The van der Waals surface area contributed by atoms with Crippen LogP contribution in [0.15, 0.2) is 66.8 Å². The molecular weight excluding hydrogens is 460 g/mol. The second kappa shape index (κ2) is 15.2. The maximum absolute atomic E-state index is 13.9. The number of carbonyl (C=O) groups excluding carboxylic acids is 2. The summed E-state index contributed by atoms with van der Waals surface area (Å²) in [6.07, 6.45) is 6.74. The lowest BCUT2D eigenvalue weighted by Crippen LogP contribution is -2.18. The molecule has 0 spiro atoms. The Bertz CT molecular complexity index is 1010. The van der Waals surface area contributed by atoms with Crippen LogP contribution in [0.3, 0.4) is 0 Å². The van der Waals surface area contributed by atoms with Gasteiger partial charge in [0.15, 0.2) is 0 Å². The van der Waals surface area contributed by atoms with Gasteiger partial charge in [0.05, 0.1) is 18.9 Å². The van der Waals surface area contributed by atoms with Gasteiger partial charge in [-0.15, -0.1) is 0 Å². The van der Waals surface area contributed by atoms with Crippen LogP contribution in [0.5, 0.6) is 5.75 Å². The molecule has 0 unspecified atom stereocenters. The Labute approximate surface area is 203 Å². The molecule has 1 atom stereocenters. The zero-order chi connectivity index (χ0) is 25.5. The highest BCUT2D eigenvalue weighted by molar-refractivity contribution is 5.85. The van der Waals surface area contributed by atoms with E-state index in [1.165, 1.54) is 6.08 Å². The van der Waals surface area contributed by atoms with Crippen LogP contribution in [0.2, 0.25) is 0 Å². The number of esters is 1. The molecule has 2 aromatic rings. The number of aliphatic hydroxyl groups is 1. The normalized spacial score (nSPS) is 12.0. The van der Waals surface area contributed by atoms with E-state index in [1.807, 2.05) is 6.08 Å². The highest BCUT2D eigenvalue weighted by atomic mass is 19.1. The van der Waals surface area contributed by atoms with Gasteiger partial charge < -0.3 is 19.3 Å². The maximum Gasteiger partial charge on any atom is 0.412 e. The van der Waals surface area contributed by atoms with E-state index < -0.39 is 29.8 Å². The zero-order valence-electron chi connectivity index (χ0n) is 19.4. The van der Waals surface area contributed by atoms with Gasteiger partial charge in [0, 0.05) is 12.1 Å². The first kappa shape index (κ1) is 27.5. The Morgan fingerprint density at radius 1 is 1.11 bits per heavy atom. The molecule has 2 aromatic carbocycles. The number of halogens is 2. The van der Waals surface area contributed by atoms with E-state index in [0.717, 1.165) is 12.1 Å². The molecule has 0 saturated heterocycles. The Kier molecular flexibility index (Phi) is 12.0. The quantitative estimate of drug-likeness (QED) is 0.168. The lowest BCUT2D eigenvalue weighted by molar-refractivity contribution is -0.137. The summed E-state index contributed by atoms with van der Waals surface area (Å²) in [5.41, 5.74) is 0.501. The lowest BCUT2D eigenvalue weighted by atomic mass is 10.0. The summed E-state index contributed by atoms with van der Waals surface area (Å²) in [6.45, 7) is 2.08. The summed E-state index contributed by atoms with van der Waals surface area (Å²) in [6, 6.07) is 9.67. The fraction of sp³-hybridized carbons (Fsp3) is 0.308. The maximum atomic E-state index is 13.9. The van der Waals surface area contributed by atoms with E-state index in [2.05, 4.69) is 5.32 Å². The van der Waals surface area contributed by atoms with E-state index >= 15 is 0 Å². The lowest BCUT2D eigenvalue weighted by Gasteiger charge is -2.19. The number of aliphatic hydroxyl groups excluding tert-OH is 1. The van der Waals surface area contributed by atoms with Gasteiger partial charge in [0.1, 0.15) is 30.1 Å². The van der Waals surface area contributed by atoms with Crippen LogP contribution in [-0.2, 0) is 14.3 Å². The number of unbranched alkanes of at least 4 members (excludes halogenated alkanes) is 1. The van der Waals surface area contributed by atoms with Gasteiger partial charge in [-0.2, -0.15) is 0 Å². The molecule has 1 amide bonds. The average molecular weight is 490 g/mol. The van der Waals surface area contributed by atoms with Crippen LogP contribution in [0.4, 0.5) is 19.3 Å². The molecule has 0 aliphatic heterocycles. The molecule has 35 heavy (non-hydrogen) atoms. The first-order valence-corrected chi connectivity index (χ1v) is 11.2. The molecule has 0 bridgehead atoms. The van der Waals surface area contributed by atoms with Crippen molar-refractivity contribution in [3.05, 3.63) is 84.0 Å². The van der Waals surface area contributed by atoms with Crippen molar-refractivity contribution in [1.29, 1.82) is 0 Å². The van der Waals surface area contributed by atoms with E-state index in [-0.39, 0.29) is 18.9 Å². The van der Waals surface area contributed by atoms with Gasteiger partial charge in [0.2, 0.25) is 0 Å². The minimum absolute atomic E-state index is 0.115. The number of hydrogen-bond donors (Lipinski definition) is 2. The third-order valence-electron chi connectivity index (χ3n) is 4.63. The molecule has 0 aliphatic carbocycles. The number of rotatable bonds is 13. The SMILES string of the molecule is CCOC(=O)/C=C/C=C/CCC[C@H](OC(=O)Nc1ccc(F)cc1F)c1ccc(OCCO)cc1. The van der Waals surface area contributed by atoms with Crippen molar-refractivity contribution in [2.45, 2.75) is 32.3 Å². The summed E-state index contributed by atoms with van der Waals surface area (Å²) in [4.78, 5) is 23.7. The number of amides is 1. The topological polar surface area (TPSA) is 94.1 Å². The predicted molar refractivity (Wildman–Crippen MR) is 127 cm³/mol. The molecule has 0 aliphatic rings. The summed E-state index contributed by atoms with van der Waals surface area (Å²) in [5, 5.41) is 11.2. The third-order valence-corrected chi connectivity index (χ3v) is 4.63. The largest absolute Gasteiger partial charge is 0.491 e. The van der Waals surface area contributed by atoms with Gasteiger partial charge in [-0.25, -0.2) is 18.4 Å². The highest BCUT2D eigenvalue weighted by Crippen LogP contribution is 2.27. The minimum Gasteiger partial charge on any atom is -0.491 e. The number of anilines is 1. The van der Waals surface area contributed by atoms with E-state index in [1.54, 1.807) is 43.3 Å². The Morgan fingerprint density at radius 2 is 1.89 bits per heavy atom. The van der Waals surface area contributed by atoms with Crippen LogP contribution in [0, 0.1) is 11.6 Å². The first-order valence-electron chi connectivity index (χ1n) is 11.2. The fourth-order valence-corrected chi connectivity index (χ4v) is 3.02. The van der Waals surface area contributed by atoms with Crippen molar-refractivity contribution in [3.63, 3.8) is 0 Å². The molecule has 0 aromatic heterocycles. The Morgan fingerprint density at radius 3 is 2.57 bits per heavy atom. The van der Waals surface area contributed by atoms with Crippen molar-refractivity contribution in [3.8, 4) is 5.75 Å². The van der Waals surface area contributed by atoms with Crippen molar-refractivity contribution >= 4 is 17.7 Å². The number of benzene rings is 2. The molecule has 0 saturated carbocycles. The number of hydrogen-bond acceptors (Lipinski definition) is 6. The molecule has 9 heteroatoms. The highest BCUT2D eigenvalue weighted by Gasteiger charge is 2.18. The summed E-state index contributed by atoms with van der Waals surface area (Å²) < 4.78 is 42.7. The average Bonchev–Trinajstić information content (AvgIpc) is 2.83. The Balaban J connectivity index is 2.00. The van der Waals surface area contributed by atoms with Crippen LogP contribution in [0.25, 0.3) is 0 Å². The van der Waals surface area contributed by atoms with E-state index in [4.69, 9.17) is 19.3 Å². The Hall–Kier alpha value is -3.72. The van der Waals surface area contributed by atoms with Crippen molar-refractivity contribution in [2.75, 3.05) is 25.1 Å². The molecular formula is C26H29F2NO6. The monoisotopic (exact) mass is 489 g/mol. The molecule has 7 nitrogen and oxygen atoms in total. The van der Waals surface area contributed by atoms with Crippen LogP contribution >= 0.6 is 0 Å². The van der Waals surface area contributed by atoms with Gasteiger partial charge in [0.25, 0.3) is 0 Å². The molecule has 0 heterocycles. The van der Waals surface area contributed by atoms with E-state index in [0.29, 0.717) is 43.2 Å². The third kappa shape index (κ3) is 10.4. The second-order valence-corrected chi connectivity index (χ2v) is 7.25. The predicted octanol–water partition coefficient (Wildman–Crippen LogP) is 5.47. The van der Waals surface area contributed by atoms with Gasteiger partial charge >= 0.3 is 12.1 Å². The molecule has 0 fully saturated rings. The van der Waals surface area contributed by atoms with Gasteiger partial charge in [-0.1, -0.05) is 30.4 Å². The molecule has 2 rings (SSSR count). The fourth-order valence-electron chi connectivity index (χ4n) is 3.02. The van der Waals surface area contributed by atoms with Crippen LogP contribution in [0.1, 0.15) is 37.9 Å². The number of ether oxygens (including phenoxy) is 3. The minimum atomic E-state index is -0.912.